The highest BCUT2D eigenvalue weighted by Gasteiger charge is 2.15. The van der Waals surface area contributed by atoms with Crippen molar-refractivity contribution in [1.29, 1.82) is 0 Å². The molecule has 0 bridgehead atoms. The summed E-state index contributed by atoms with van der Waals surface area (Å²) >= 11 is 5.78. The molecular formula is C16H14ClNO4. The molecule has 22 heavy (non-hydrogen) atoms. The first kappa shape index (κ1) is 15.9. The minimum Gasteiger partial charge on any atom is -0.481 e. The van der Waals surface area contributed by atoms with E-state index in [9.17, 15) is 9.59 Å². The minimum absolute atomic E-state index is 0.156. The van der Waals surface area contributed by atoms with Gasteiger partial charge in [0, 0.05) is 10.7 Å². The predicted octanol–water partition coefficient (Wildman–Crippen LogP) is 3.44. The maximum Gasteiger partial charge on any atom is 0.335 e. The Morgan fingerprint density at radius 1 is 1.09 bits per heavy atom. The molecule has 2 aromatic carbocycles. The number of rotatable bonds is 5. The maximum absolute atomic E-state index is 12.0. The zero-order chi connectivity index (χ0) is 16.1. The number of nitrogens with one attached hydrogen (secondary N) is 1. The van der Waals surface area contributed by atoms with Crippen LogP contribution in [0.5, 0.6) is 5.75 Å². The Labute approximate surface area is 132 Å². The van der Waals surface area contributed by atoms with Crippen LogP contribution in [-0.2, 0) is 4.79 Å². The van der Waals surface area contributed by atoms with Crippen LogP contribution in [0, 0.1) is 0 Å². The number of amides is 1. The topological polar surface area (TPSA) is 75.6 Å². The predicted molar refractivity (Wildman–Crippen MR) is 83.6 cm³/mol. The van der Waals surface area contributed by atoms with Gasteiger partial charge < -0.3 is 15.2 Å². The first-order chi connectivity index (χ1) is 10.5. The highest BCUT2D eigenvalue weighted by Crippen LogP contribution is 2.17. The normalized spacial score (nSPS) is 11.5. The number of ether oxygens (including phenoxy) is 1. The summed E-state index contributed by atoms with van der Waals surface area (Å²) in [6, 6.07) is 12.6. The number of hydrogen-bond donors (Lipinski definition) is 2. The van der Waals surface area contributed by atoms with Crippen molar-refractivity contribution in [2.75, 3.05) is 5.32 Å². The van der Waals surface area contributed by atoms with Crippen molar-refractivity contribution < 1.29 is 19.4 Å². The molecule has 0 aliphatic rings. The van der Waals surface area contributed by atoms with E-state index < -0.39 is 12.1 Å². The summed E-state index contributed by atoms with van der Waals surface area (Å²) in [5.74, 6) is -0.816. The molecule has 2 aromatic rings. The standard InChI is InChI=1S/C16H14ClNO4/c1-10(22-14-8-4-12(17)5-9-14)15(19)18-13-6-2-11(3-7-13)16(20)21/h2-10H,1H3,(H,18,19)(H,20,21)/t10-/m1/s1. The molecule has 0 aliphatic heterocycles. The lowest BCUT2D eigenvalue weighted by molar-refractivity contribution is -0.122. The summed E-state index contributed by atoms with van der Waals surface area (Å²) < 4.78 is 5.50. The Kier molecular flexibility index (Phi) is 5.01. The third kappa shape index (κ3) is 4.23. The number of carbonyl (C=O) groups excluding carboxylic acids is 1. The molecule has 1 amide bonds. The molecule has 0 saturated carbocycles. The molecule has 2 N–H and O–H groups in total. The lowest BCUT2D eigenvalue weighted by Crippen LogP contribution is -2.30. The van der Waals surface area contributed by atoms with Gasteiger partial charge in [0.15, 0.2) is 6.10 Å². The van der Waals surface area contributed by atoms with Gasteiger partial charge in [0.25, 0.3) is 5.91 Å². The largest absolute Gasteiger partial charge is 0.481 e. The van der Waals surface area contributed by atoms with Gasteiger partial charge in [-0.25, -0.2) is 4.79 Å². The third-order valence-corrected chi connectivity index (χ3v) is 3.15. The van der Waals surface area contributed by atoms with Gasteiger partial charge in [0.2, 0.25) is 0 Å². The van der Waals surface area contributed by atoms with Gasteiger partial charge in [-0.1, -0.05) is 11.6 Å². The van der Waals surface area contributed by atoms with E-state index >= 15 is 0 Å². The number of hydrogen-bond acceptors (Lipinski definition) is 3. The number of carboxylic acids is 1. The number of carboxylic acid groups (broad SMARTS) is 1. The second-order valence-corrected chi connectivity index (χ2v) is 5.02. The molecule has 0 aliphatic carbocycles. The fourth-order valence-electron chi connectivity index (χ4n) is 1.71. The Hall–Kier alpha value is -2.53. The highest BCUT2D eigenvalue weighted by atomic mass is 35.5. The van der Waals surface area contributed by atoms with E-state index in [0.29, 0.717) is 16.5 Å². The van der Waals surface area contributed by atoms with Crippen LogP contribution in [0.1, 0.15) is 17.3 Å². The molecule has 0 heterocycles. The Morgan fingerprint density at radius 2 is 1.68 bits per heavy atom. The van der Waals surface area contributed by atoms with Crippen LogP contribution < -0.4 is 10.1 Å². The van der Waals surface area contributed by atoms with E-state index in [4.69, 9.17) is 21.4 Å². The zero-order valence-electron chi connectivity index (χ0n) is 11.7. The van der Waals surface area contributed by atoms with E-state index in [-0.39, 0.29) is 11.5 Å². The van der Waals surface area contributed by atoms with E-state index in [2.05, 4.69) is 5.32 Å². The number of carbonyl (C=O) groups is 2. The van der Waals surface area contributed by atoms with Crippen LogP contribution in [0.3, 0.4) is 0 Å². The second kappa shape index (κ2) is 6.95. The monoisotopic (exact) mass is 319 g/mol. The van der Waals surface area contributed by atoms with Crippen LogP contribution in [-0.4, -0.2) is 23.1 Å². The molecule has 0 unspecified atom stereocenters. The summed E-state index contributed by atoms with van der Waals surface area (Å²) in [6.45, 7) is 1.62. The van der Waals surface area contributed by atoms with Gasteiger partial charge in [-0.15, -0.1) is 0 Å². The van der Waals surface area contributed by atoms with Gasteiger partial charge in [-0.2, -0.15) is 0 Å². The molecule has 0 radical (unpaired) electrons. The molecular weight excluding hydrogens is 306 g/mol. The lowest BCUT2D eigenvalue weighted by Gasteiger charge is -2.14. The maximum atomic E-state index is 12.0. The molecule has 1 atom stereocenters. The summed E-state index contributed by atoms with van der Waals surface area (Å²) in [7, 11) is 0. The van der Waals surface area contributed by atoms with E-state index in [1.165, 1.54) is 24.3 Å². The summed E-state index contributed by atoms with van der Waals surface area (Å²) in [5.41, 5.74) is 0.657. The van der Waals surface area contributed by atoms with E-state index in [1.54, 1.807) is 31.2 Å². The summed E-state index contributed by atoms with van der Waals surface area (Å²) in [4.78, 5) is 22.8. The van der Waals surface area contributed by atoms with Gasteiger partial charge in [0.05, 0.1) is 5.56 Å². The number of aromatic carboxylic acids is 1. The molecule has 5 nitrogen and oxygen atoms in total. The first-order valence-electron chi connectivity index (χ1n) is 6.52. The van der Waals surface area contributed by atoms with Crippen LogP contribution in [0.15, 0.2) is 48.5 Å². The minimum atomic E-state index is -1.02. The molecule has 0 aromatic heterocycles. The van der Waals surface area contributed by atoms with Gasteiger partial charge in [-0.3, -0.25) is 4.79 Å². The van der Waals surface area contributed by atoms with Crippen LogP contribution >= 0.6 is 11.6 Å². The van der Waals surface area contributed by atoms with Gasteiger partial charge in [-0.05, 0) is 55.5 Å². The van der Waals surface area contributed by atoms with Crippen LogP contribution in [0.4, 0.5) is 5.69 Å². The van der Waals surface area contributed by atoms with Crippen molar-refractivity contribution in [1.82, 2.24) is 0 Å². The van der Waals surface area contributed by atoms with Crippen molar-refractivity contribution in [3.8, 4) is 5.75 Å². The van der Waals surface area contributed by atoms with E-state index in [1.807, 2.05) is 0 Å². The quantitative estimate of drug-likeness (QED) is 0.885. The smallest absolute Gasteiger partial charge is 0.335 e. The number of halogens is 1. The van der Waals surface area contributed by atoms with Crippen molar-refractivity contribution in [2.24, 2.45) is 0 Å². The fourth-order valence-corrected chi connectivity index (χ4v) is 1.84. The fraction of sp³-hybridized carbons (Fsp3) is 0.125. The Bertz CT molecular complexity index is 668. The third-order valence-electron chi connectivity index (χ3n) is 2.90. The SMILES string of the molecule is C[C@@H](Oc1ccc(Cl)cc1)C(=O)Nc1ccc(C(=O)O)cc1. The average molecular weight is 320 g/mol. The molecule has 2 rings (SSSR count). The average Bonchev–Trinajstić information content (AvgIpc) is 2.50. The first-order valence-corrected chi connectivity index (χ1v) is 6.90. The van der Waals surface area contributed by atoms with Gasteiger partial charge in [0.1, 0.15) is 5.75 Å². The highest BCUT2D eigenvalue weighted by molar-refractivity contribution is 6.30. The van der Waals surface area contributed by atoms with Gasteiger partial charge >= 0.3 is 5.97 Å². The Balaban J connectivity index is 1.95. The lowest BCUT2D eigenvalue weighted by atomic mass is 10.2. The van der Waals surface area contributed by atoms with Crippen molar-refractivity contribution in [3.05, 3.63) is 59.1 Å². The number of benzene rings is 2. The Morgan fingerprint density at radius 3 is 2.23 bits per heavy atom. The molecule has 114 valence electrons. The molecule has 0 spiro atoms. The molecule has 0 saturated heterocycles. The van der Waals surface area contributed by atoms with E-state index in [0.717, 1.165) is 0 Å². The van der Waals surface area contributed by atoms with Crippen molar-refractivity contribution in [2.45, 2.75) is 13.0 Å². The summed E-state index contributed by atoms with van der Waals surface area (Å²) in [6.07, 6.45) is -0.708. The van der Waals surface area contributed by atoms with Crippen molar-refractivity contribution in [3.63, 3.8) is 0 Å². The van der Waals surface area contributed by atoms with Crippen LogP contribution in [0.25, 0.3) is 0 Å². The zero-order valence-corrected chi connectivity index (χ0v) is 12.5. The van der Waals surface area contributed by atoms with Crippen LogP contribution in [0.2, 0.25) is 5.02 Å². The molecule has 6 heteroatoms. The second-order valence-electron chi connectivity index (χ2n) is 4.59. The molecule has 0 fully saturated rings. The summed E-state index contributed by atoms with van der Waals surface area (Å²) in [5, 5.41) is 12.1. The van der Waals surface area contributed by atoms with Crippen molar-refractivity contribution >= 4 is 29.2 Å². The number of anilines is 1.